The number of aromatic nitrogens is 2. The molecule has 0 aliphatic rings. The molecule has 0 spiro atoms. The number of H-pyrrole nitrogens is 1. The van der Waals surface area contributed by atoms with Crippen LogP contribution in [-0.4, -0.2) is 9.55 Å². The van der Waals surface area contributed by atoms with Gasteiger partial charge in [-0.15, -0.1) is 0 Å². The zero-order chi connectivity index (χ0) is 11.2. The van der Waals surface area contributed by atoms with E-state index >= 15 is 0 Å². The van der Waals surface area contributed by atoms with Crippen LogP contribution in [0.5, 0.6) is 0 Å². The molecule has 15 heavy (non-hydrogen) atoms. The molecule has 4 heteroatoms. The lowest BCUT2D eigenvalue weighted by Gasteiger charge is -2.18. The summed E-state index contributed by atoms with van der Waals surface area (Å²) in [5.74, 6) is 0. The smallest absolute Gasteiger partial charge is 0.322 e. The first kappa shape index (κ1) is 9.98. The van der Waals surface area contributed by atoms with Crippen LogP contribution in [0.2, 0.25) is 0 Å². The van der Waals surface area contributed by atoms with Crippen LogP contribution < -0.4 is 11.4 Å². The van der Waals surface area contributed by atoms with Gasteiger partial charge in [0.05, 0.1) is 11.0 Å². The Morgan fingerprint density at radius 2 is 2.07 bits per heavy atom. The largest absolute Gasteiger partial charge is 0.326 e. The summed E-state index contributed by atoms with van der Waals surface area (Å²) in [5, 5.41) is 0. The van der Waals surface area contributed by atoms with Gasteiger partial charge in [-0.3, -0.25) is 4.57 Å². The first-order valence-electron chi connectivity index (χ1n) is 4.88. The molecule has 0 unspecified atom stereocenters. The number of fused-ring (bicyclic) bond motifs is 1. The summed E-state index contributed by atoms with van der Waals surface area (Å²) in [4.78, 5) is 14.2. The zero-order valence-electron chi connectivity index (χ0n) is 9.16. The molecule has 2 aromatic rings. The molecule has 4 nitrogen and oxygen atoms in total. The Balaban J connectivity index is 2.73. The molecule has 1 aromatic heterocycles. The molecule has 0 aliphatic carbocycles. The molecule has 0 fully saturated rings. The fourth-order valence-corrected chi connectivity index (χ4v) is 1.64. The van der Waals surface area contributed by atoms with Gasteiger partial charge in [-0.2, -0.15) is 0 Å². The van der Waals surface area contributed by atoms with Crippen LogP contribution in [0.4, 0.5) is 0 Å². The summed E-state index contributed by atoms with van der Waals surface area (Å²) in [5.41, 5.74) is 8.25. The number of aromatic amines is 1. The van der Waals surface area contributed by atoms with E-state index in [-0.39, 0.29) is 11.2 Å². The van der Waals surface area contributed by atoms with E-state index in [9.17, 15) is 4.79 Å². The molecule has 0 saturated carbocycles. The Labute approximate surface area is 87.7 Å². The van der Waals surface area contributed by atoms with E-state index in [4.69, 9.17) is 5.73 Å². The zero-order valence-corrected chi connectivity index (χ0v) is 9.16. The number of hydrogen-bond acceptors (Lipinski definition) is 2. The van der Waals surface area contributed by atoms with E-state index in [0.717, 1.165) is 16.6 Å². The van der Waals surface area contributed by atoms with Crippen molar-refractivity contribution in [2.75, 3.05) is 0 Å². The van der Waals surface area contributed by atoms with E-state index in [2.05, 4.69) is 4.98 Å². The highest BCUT2D eigenvalue weighted by Gasteiger charge is 2.15. The monoisotopic (exact) mass is 205 g/mol. The standard InChI is InChI=1S/C11H15N3O/c1-11(2,12)7-4-5-9-8(6-7)13-10(15)14(9)3/h4-6H,12H2,1-3H3,(H,13,15). The Morgan fingerprint density at radius 3 is 2.67 bits per heavy atom. The third kappa shape index (κ3) is 1.57. The first-order chi connectivity index (χ1) is 6.89. The number of rotatable bonds is 1. The summed E-state index contributed by atoms with van der Waals surface area (Å²) in [7, 11) is 1.74. The highest BCUT2D eigenvalue weighted by molar-refractivity contribution is 5.76. The fourth-order valence-electron chi connectivity index (χ4n) is 1.64. The Hall–Kier alpha value is -1.55. The van der Waals surface area contributed by atoms with Crippen molar-refractivity contribution < 1.29 is 0 Å². The van der Waals surface area contributed by atoms with Crippen molar-refractivity contribution in [1.29, 1.82) is 0 Å². The molecule has 3 N–H and O–H groups in total. The van der Waals surface area contributed by atoms with E-state index < -0.39 is 0 Å². The second kappa shape index (κ2) is 2.97. The predicted octanol–water partition coefficient (Wildman–Crippen LogP) is 1.06. The summed E-state index contributed by atoms with van der Waals surface area (Å²) in [6.45, 7) is 3.88. The summed E-state index contributed by atoms with van der Waals surface area (Å²) in [6, 6.07) is 5.80. The summed E-state index contributed by atoms with van der Waals surface area (Å²) >= 11 is 0. The highest BCUT2D eigenvalue weighted by atomic mass is 16.1. The third-order valence-corrected chi connectivity index (χ3v) is 2.65. The molecule has 2 rings (SSSR count). The third-order valence-electron chi connectivity index (χ3n) is 2.65. The minimum absolute atomic E-state index is 0.100. The average Bonchev–Trinajstić information content (AvgIpc) is 2.41. The maximum absolute atomic E-state index is 11.4. The van der Waals surface area contributed by atoms with Crippen LogP contribution in [-0.2, 0) is 12.6 Å². The molecule has 1 heterocycles. The number of benzene rings is 1. The van der Waals surface area contributed by atoms with E-state index in [1.165, 1.54) is 0 Å². The average molecular weight is 205 g/mol. The quantitative estimate of drug-likeness (QED) is 0.731. The second-order valence-electron chi connectivity index (χ2n) is 4.44. The van der Waals surface area contributed by atoms with Crippen LogP contribution in [0.25, 0.3) is 11.0 Å². The van der Waals surface area contributed by atoms with Crippen molar-refractivity contribution in [2.24, 2.45) is 12.8 Å². The maximum atomic E-state index is 11.4. The molecule has 1 aromatic carbocycles. The molecule has 0 atom stereocenters. The first-order valence-corrected chi connectivity index (χ1v) is 4.88. The summed E-state index contributed by atoms with van der Waals surface area (Å²) < 4.78 is 1.59. The number of imidazole rings is 1. The van der Waals surface area contributed by atoms with Crippen LogP contribution >= 0.6 is 0 Å². The van der Waals surface area contributed by atoms with Gasteiger partial charge in [-0.05, 0) is 31.5 Å². The number of hydrogen-bond donors (Lipinski definition) is 2. The minimum atomic E-state index is -0.388. The van der Waals surface area contributed by atoms with E-state index in [1.54, 1.807) is 11.6 Å². The minimum Gasteiger partial charge on any atom is -0.322 e. The lowest BCUT2D eigenvalue weighted by molar-refractivity contribution is 0.555. The van der Waals surface area contributed by atoms with Gasteiger partial charge < -0.3 is 10.7 Å². The van der Waals surface area contributed by atoms with Gasteiger partial charge in [0.15, 0.2) is 0 Å². The van der Waals surface area contributed by atoms with Gasteiger partial charge in [0, 0.05) is 12.6 Å². The van der Waals surface area contributed by atoms with E-state index in [1.807, 2.05) is 32.0 Å². The topological polar surface area (TPSA) is 63.8 Å². The van der Waals surface area contributed by atoms with Crippen LogP contribution in [0, 0.1) is 0 Å². The van der Waals surface area contributed by atoms with E-state index in [0.29, 0.717) is 0 Å². The van der Waals surface area contributed by atoms with Crippen LogP contribution in [0.1, 0.15) is 19.4 Å². The van der Waals surface area contributed by atoms with Gasteiger partial charge in [0.25, 0.3) is 0 Å². The molecule has 0 radical (unpaired) electrons. The number of nitrogens with zero attached hydrogens (tertiary/aromatic N) is 1. The molecule has 0 bridgehead atoms. The van der Waals surface area contributed by atoms with Crippen molar-refractivity contribution >= 4 is 11.0 Å². The highest BCUT2D eigenvalue weighted by Crippen LogP contribution is 2.20. The molecule has 0 aliphatic heterocycles. The van der Waals surface area contributed by atoms with Crippen molar-refractivity contribution in [3.05, 3.63) is 34.2 Å². The Kier molecular flexibility index (Phi) is 1.98. The summed E-state index contributed by atoms with van der Waals surface area (Å²) in [6.07, 6.45) is 0. The maximum Gasteiger partial charge on any atom is 0.326 e. The second-order valence-corrected chi connectivity index (χ2v) is 4.44. The number of nitrogens with one attached hydrogen (secondary N) is 1. The van der Waals surface area contributed by atoms with Crippen molar-refractivity contribution in [3.8, 4) is 0 Å². The van der Waals surface area contributed by atoms with Gasteiger partial charge in [0.2, 0.25) is 0 Å². The van der Waals surface area contributed by atoms with Gasteiger partial charge in [0.1, 0.15) is 0 Å². The van der Waals surface area contributed by atoms with Crippen LogP contribution in [0.3, 0.4) is 0 Å². The number of aryl methyl sites for hydroxylation is 1. The van der Waals surface area contributed by atoms with Gasteiger partial charge >= 0.3 is 5.69 Å². The number of nitrogens with two attached hydrogens (primary N) is 1. The van der Waals surface area contributed by atoms with Crippen molar-refractivity contribution in [3.63, 3.8) is 0 Å². The molecule has 0 saturated heterocycles. The van der Waals surface area contributed by atoms with Crippen molar-refractivity contribution in [2.45, 2.75) is 19.4 Å². The lowest BCUT2D eigenvalue weighted by Crippen LogP contribution is -2.28. The molecule has 0 amide bonds. The van der Waals surface area contributed by atoms with Gasteiger partial charge in [-0.25, -0.2) is 4.79 Å². The van der Waals surface area contributed by atoms with Crippen LogP contribution in [0.15, 0.2) is 23.0 Å². The lowest BCUT2D eigenvalue weighted by atomic mass is 9.95. The Bertz CT molecular complexity index is 557. The fraction of sp³-hybridized carbons (Fsp3) is 0.364. The predicted molar refractivity (Wildman–Crippen MR) is 60.8 cm³/mol. The SMILES string of the molecule is Cn1c(=O)[nH]c2cc(C(C)(C)N)ccc21. The van der Waals surface area contributed by atoms with Gasteiger partial charge in [-0.1, -0.05) is 6.07 Å². The molecule has 80 valence electrons. The normalized spacial score (nSPS) is 12.3. The molecular formula is C11H15N3O. The molecular weight excluding hydrogens is 190 g/mol. The van der Waals surface area contributed by atoms with Crippen molar-refractivity contribution in [1.82, 2.24) is 9.55 Å². The Morgan fingerprint density at radius 1 is 1.40 bits per heavy atom.